The largest absolute Gasteiger partial charge is 0.496 e. The smallest absolute Gasteiger partial charge is 0.123 e. The molecule has 1 N–H and O–H groups in total. The molecule has 0 atom stereocenters. The molecule has 0 heterocycles. The van der Waals surface area contributed by atoms with Crippen molar-refractivity contribution < 1.29 is 14.2 Å². The van der Waals surface area contributed by atoms with E-state index in [-0.39, 0.29) is 12.4 Å². The van der Waals surface area contributed by atoms with Crippen LogP contribution in [0.2, 0.25) is 0 Å². The van der Waals surface area contributed by atoms with Gasteiger partial charge in [-0.25, -0.2) is 4.39 Å². The summed E-state index contributed by atoms with van der Waals surface area (Å²) in [6.07, 6.45) is 0.706. The van der Waals surface area contributed by atoms with Crippen LogP contribution in [0.15, 0.2) is 18.2 Å². The Morgan fingerprint density at radius 1 is 1.38 bits per heavy atom. The fraction of sp³-hybridized carbons (Fsp3) is 0.500. The van der Waals surface area contributed by atoms with Gasteiger partial charge < -0.3 is 14.7 Å². The first-order valence-electron chi connectivity index (χ1n) is 5.29. The van der Waals surface area contributed by atoms with Crippen LogP contribution in [0, 0.1) is 5.82 Å². The minimum absolute atomic E-state index is 0.136. The van der Waals surface area contributed by atoms with E-state index in [2.05, 4.69) is 0 Å². The molecular weight excluding hydrogens is 209 g/mol. The van der Waals surface area contributed by atoms with Crippen molar-refractivity contribution >= 4 is 0 Å². The highest BCUT2D eigenvalue weighted by molar-refractivity contribution is 5.34. The van der Waals surface area contributed by atoms with Crippen LogP contribution in [0.3, 0.4) is 0 Å². The first kappa shape index (κ1) is 12.9. The minimum Gasteiger partial charge on any atom is -0.496 e. The van der Waals surface area contributed by atoms with Gasteiger partial charge in [0.2, 0.25) is 0 Å². The van der Waals surface area contributed by atoms with E-state index < -0.39 is 0 Å². The summed E-state index contributed by atoms with van der Waals surface area (Å²) in [7, 11) is 3.50. The maximum atomic E-state index is 13.0. The van der Waals surface area contributed by atoms with Gasteiger partial charge >= 0.3 is 0 Å². The lowest BCUT2D eigenvalue weighted by molar-refractivity contribution is 0.222. The molecule has 16 heavy (non-hydrogen) atoms. The van der Waals surface area contributed by atoms with Gasteiger partial charge in [-0.05, 0) is 37.2 Å². The van der Waals surface area contributed by atoms with Crippen molar-refractivity contribution in [2.24, 2.45) is 0 Å². The lowest BCUT2D eigenvalue weighted by Gasteiger charge is -2.16. The number of nitrogens with zero attached hydrogens (tertiary/aromatic N) is 1. The van der Waals surface area contributed by atoms with Crippen molar-refractivity contribution in [2.45, 2.75) is 6.42 Å². The van der Waals surface area contributed by atoms with Crippen molar-refractivity contribution in [3.8, 4) is 5.75 Å². The zero-order chi connectivity index (χ0) is 12.0. The third-order valence-corrected chi connectivity index (χ3v) is 2.49. The monoisotopic (exact) mass is 227 g/mol. The van der Waals surface area contributed by atoms with E-state index in [1.807, 2.05) is 11.9 Å². The summed E-state index contributed by atoms with van der Waals surface area (Å²) in [5.41, 5.74) is 0.854. The second kappa shape index (κ2) is 6.45. The molecule has 0 unspecified atom stereocenters. The zero-order valence-corrected chi connectivity index (χ0v) is 9.74. The van der Waals surface area contributed by atoms with Crippen LogP contribution in [-0.2, 0) is 6.42 Å². The molecule has 0 fully saturated rings. The van der Waals surface area contributed by atoms with Gasteiger partial charge in [-0.1, -0.05) is 0 Å². The molecular formula is C12H18FNO2. The predicted octanol–water partition coefficient (Wildman–Crippen LogP) is 1.30. The number of hydrogen-bond donors (Lipinski definition) is 1. The topological polar surface area (TPSA) is 32.7 Å². The predicted molar refractivity (Wildman–Crippen MR) is 61.2 cm³/mol. The van der Waals surface area contributed by atoms with Crippen LogP contribution in [0.4, 0.5) is 4.39 Å². The Balaban J connectivity index is 2.61. The average Bonchev–Trinajstić information content (AvgIpc) is 2.27. The molecule has 3 nitrogen and oxygen atoms in total. The Labute approximate surface area is 95.5 Å². The summed E-state index contributed by atoms with van der Waals surface area (Å²) in [6.45, 7) is 1.52. The number of methoxy groups -OCH3 is 1. The fourth-order valence-corrected chi connectivity index (χ4v) is 1.54. The second-order valence-corrected chi connectivity index (χ2v) is 3.73. The molecule has 90 valence electrons. The van der Waals surface area contributed by atoms with Gasteiger partial charge in [0.25, 0.3) is 0 Å². The molecule has 0 radical (unpaired) electrons. The molecule has 0 aliphatic rings. The normalized spacial score (nSPS) is 10.8. The molecule has 0 aliphatic carbocycles. The number of ether oxygens (including phenoxy) is 1. The molecule has 0 aromatic heterocycles. The Hall–Kier alpha value is -1.13. The van der Waals surface area contributed by atoms with Crippen molar-refractivity contribution in [3.05, 3.63) is 29.6 Å². The Bertz CT molecular complexity index is 331. The fourth-order valence-electron chi connectivity index (χ4n) is 1.54. The lowest BCUT2D eigenvalue weighted by Crippen LogP contribution is -2.24. The summed E-state index contributed by atoms with van der Waals surface area (Å²) < 4.78 is 18.2. The van der Waals surface area contributed by atoms with E-state index in [0.717, 1.165) is 12.1 Å². The van der Waals surface area contributed by atoms with Gasteiger partial charge in [-0.2, -0.15) is 0 Å². The van der Waals surface area contributed by atoms with Gasteiger partial charge in [-0.15, -0.1) is 0 Å². The number of aliphatic hydroxyl groups is 1. The molecule has 0 aliphatic heterocycles. The summed E-state index contributed by atoms with van der Waals surface area (Å²) in [4.78, 5) is 1.99. The van der Waals surface area contributed by atoms with Crippen molar-refractivity contribution in [3.63, 3.8) is 0 Å². The summed E-state index contributed by atoms with van der Waals surface area (Å²) in [5, 5.41) is 8.75. The quantitative estimate of drug-likeness (QED) is 0.795. The number of aliphatic hydroxyl groups excluding tert-OH is 1. The number of halogens is 1. The van der Waals surface area contributed by atoms with Crippen LogP contribution < -0.4 is 4.74 Å². The summed E-state index contributed by atoms with van der Waals surface area (Å²) in [5.74, 6) is 0.458. The summed E-state index contributed by atoms with van der Waals surface area (Å²) in [6, 6.07) is 4.52. The average molecular weight is 227 g/mol. The third-order valence-electron chi connectivity index (χ3n) is 2.49. The van der Waals surface area contributed by atoms with Crippen LogP contribution in [0.1, 0.15) is 5.56 Å². The molecule has 1 rings (SSSR count). The minimum atomic E-state index is -0.249. The Morgan fingerprint density at radius 3 is 2.75 bits per heavy atom. The summed E-state index contributed by atoms with van der Waals surface area (Å²) >= 11 is 0. The maximum Gasteiger partial charge on any atom is 0.123 e. The van der Waals surface area contributed by atoms with E-state index in [1.54, 1.807) is 13.2 Å². The molecule has 0 spiro atoms. The molecule has 0 saturated carbocycles. The molecule has 0 amide bonds. The molecule has 0 saturated heterocycles. The van der Waals surface area contributed by atoms with Crippen molar-refractivity contribution in [2.75, 3.05) is 33.9 Å². The SMILES string of the molecule is COc1ccc(F)cc1CCN(C)CCO. The number of hydrogen-bond acceptors (Lipinski definition) is 3. The van der Waals surface area contributed by atoms with Crippen LogP contribution in [0.25, 0.3) is 0 Å². The number of rotatable bonds is 6. The van der Waals surface area contributed by atoms with Crippen LogP contribution in [0.5, 0.6) is 5.75 Å². The van der Waals surface area contributed by atoms with E-state index in [0.29, 0.717) is 18.7 Å². The first-order chi connectivity index (χ1) is 7.67. The van der Waals surface area contributed by atoms with Gasteiger partial charge in [0.15, 0.2) is 0 Å². The first-order valence-corrected chi connectivity index (χ1v) is 5.29. The molecule has 1 aromatic carbocycles. The van der Waals surface area contributed by atoms with Crippen molar-refractivity contribution in [1.82, 2.24) is 4.90 Å². The Morgan fingerprint density at radius 2 is 2.12 bits per heavy atom. The van der Waals surface area contributed by atoms with E-state index >= 15 is 0 Å². The number of benzene rings is 1. The van der Waals surface area contributed by atoms with E-state index in [1.165, 1.54) is 12.1 Å². The van der Waals surface area contributed by atoms with Gasteiger partial charge in [0.05, 0.1) is 13.7 Å². The lowest BCUT2D eigenvalue weighted by atomic mass is 10.1. The van der Waals surface area contributed by atoms with Crippen LogP contribution >= 0.6 is 0 Å². The van der Waals surface area contributed by atoms with Crippen LogP contribution in [-0.4, -0.2) is 43.9 Å². The van der Waals surface area contributed by atoms with Crippen molar-refractivity contribution in [1.29, 1.82) is 0 Å². The highest BCUT2D eigenvalue weighted by Crippen LogP contribution is 2.19. The van der Waals surface area contributed by atoms with Gasteiger partial charge in [-0.3, -0.25) is 0 Å². The second-order valence-electron chi connectivity index (χ2n) is 3.73. The highest BCUT2D eigenvalue weighted by Gasteiger charge is 2.06. The van der Waals surface area contributed by atoms with Gasteiger partial charge in [0.1, 0.15) is 11.6 Å². The standard InChI is InChI=1S/C12H18FNO2/c1-14(7-8-15)6-5-10-9-11(13)3-4-12(10)16-2/h3-4,9,15H,5-8H2,1-2H3. The van der Waals surface area contributed by atoms with E-state index in [4.69, 9.17) is 9.84 Å². The Kier molecular flexibility index (Phi) is 5.22. The van der Waals surface area contributed by atoms with E-state index in [9.17, 15) is 4.39 Å². The number of likely N-dealkylation sites (N-methyl/N-ethyl adjacent to an activating group) is 1. The molecule has 4 heteroatoms. The molecule has 1 aromatic rings. The molecule has 0 bridgehead atoms. The van der Waals surface area contributed by atoms with Gasteiger partial charge in [0, 0.05) is 13.1 Å². The third kappa shape index (κ3) is 3.79. The maximum absolute atomic E-state index is 13.0. The zero-order valence-electron chi connectivity index (χ0n) is 9.74. The highest BCUT2D eigenvalue weighted by atomic mass is 19.1.